The van der Waals surface area contributed by atoms with Crippen LogP contribution in [0, 0.1) is 0 Å². The fraction of sp³-hybridized carbons (Fsp3) is 0.294. The summed E-state index contributed by atoms with van der Waals surface area (Å²) in [4.78, 5) is 2.39. The maximum Gasteiger partial charge on any atom is 0.0594 e. The Kier molecular flexibility index (Phi) is 8.24. The normalized spacial score (nSPS) is 14.8. The number of hydrogen-bond donors (Lipinski definition) is 0. The fourth-order valence-electron chi connectivity index (χ4n) is 2.05. The summed E-state index contributed by atoms with van der Waals surface area (Å²) in [6.45, 7) is 8.84. The molecule has 3 heteroatoms. The van der Waals surface area contributed by atoms with Crippen LogP contribution in [0.25, 0.3) is 5.57 Å². The van der Waals surface area contributed by atoms with E-state index in [0.29, 0.717) is 0 Å². The Labute approximate surface area is 132 Å². The minimum absolute atomic E-state index is 0. The van der Waals surface area contributed by atoms with Crippen LogP contribution in [0.4, 0.5) is 0 Å². The van der Waals surface area contributed by atoms with Gasteiger partial charge >= 0.3 is 0 Å². The van der Waals surface area contributed by atoms with Crippen molar-refractivity contribution in [1.82, 2.24) is 4.90 Å². The van der Waals surface area contributed by atoms with Crippen LogP contribution in [-0.2, 0) is 21.8 Å². The summed E-state index contributed by atoms with van der Waals surface area (Å²) in [5, 5.41) is 0. The number of nitrogens with zero attached hydrogens (tertiary/aromatic N) is 1. The number of morpholine rings is 1. The first kappa shape index (κ1) is 16.9. The first-order chi connectivity index (χ1) is 9.36. The Morgan fingerprint density at radius 2 is 1.55 bits per heavy atom. The molecular weight excluding hydrogens is 290 g/mol. The van der Waals surface area contributed by atoms with Gasteiger partial charge in [0.25, 0.3) is 0 Å². The Bertz CT molecular complexity index is 424. The molecule has 0 saturated carbocycles. The van der Waals surface area contributed by atoms with Gasteiger partial charge in [0.05, 0.1) is 13.2 Å². The minimum atomic E-state index is 0. The first-order valence-electron chi connectivity index (χ1n) is 6.73. The molecule has 0 amide bonds. The molecule has 114 valence electrons. The number of rotatable bonds is 3. The number of hydrogen-bond acceptors (Lipinski definition) is 2. The molecule has 2 nitrogen and oxygen atoms in total. The molecule has 1 aliphatic heterocycles. The summed E-state index contributed by atoms with van der Waals surface area (Å²) in [5.74, 6) is 0. The molecule has 20 heavy (non-hydrogen) atoms. The maximum atomic E-state index is 5.30. The second-order valence-corrected chi connectivity index (χ2v) is 4.63. The Balaban J connectivity index is 0.000000283. The second-order valence-electron chi connectivity index (χ2n) is 4.63. The largest absolute Gasteiger partial charge is 0.748 e. The molecule has 1 heterocycles. The summed E-state index contributed by atoms with van der Waals surface area (Å²) >= 11 is 0. The van der Waals surface area contributed by atoms with E-state index in [-0.39, 0.29) is 17.1 Å². The standard InChI is InChI=1S/C12H16NO.C5H5.Fe/c1-11(12-4-2-3-5-12)10-13-6-8-14-9-7-13;1-2-4-5-3-1;/h2-5H,1,6-10H2;1-5H;/q-1;-5;. The summed E-state index contributed by atoms with van der Waals surface area (Å²) < 4.78 is 5.30. The van der Waals surface area contributed by atoms with Crippen molar-refractivity contribution in [2.24, 2.45) is 0 Å². The molecule has 0 aliphatic carbocycles. The van der Waals surface area contributed by atoms with Crippen molar-refractivity contribution in [2.45, 2.75) is 0 Å². The third-order valence-electron chi connectivity index (χ3n) is 3.14. The van der Waals surface area contributed by atoms with Gasteiger partial charge in [0.1, 0.15) is 0 Å². The minimum Gasteiger partial charge on any atom is -0.748 e. The topological polar surface area (TPSA) is 12.5 Å². The zero-order chi connectivity index (χ0) is 13.3. The van der Waals surface area contributed by atoms with Crippen LogP contribution in [0.5, 0.6) is 0 Å². The second kappa shape index (κ2) is 9.73. The predicted molar refractivity (Wildman–Crippen MR) is 80.4 cm³/mol. The van der Waals surface area contributed by atoms with Crippen LogP contribution in [0.2, 0.25) is 0 Å². The molecule has 2 aromatic carbocycles. The predicted octanol–water partition coefficient (Wildman–Crippen LogP) is 3.15. The molecule has 0 bridgehead atoms. The first-order valence-corrected chi connectivity index (χ1v) is 6.73. The van der Waals surface area contributed by atoms with Gasteiger partial charge in [-0.05, 0) is 0 Å². The van der Waals surface area contributed by atoms with E-state index in [1.54, 1.807) is 0 Å². The Morgan fingerprint density at radius 1 is 1.05 bits per heavy atom. The van der Waals surface area contributed by atoms with Gasteiger partial charge in [0, 0.05) is 36.7 Å². The monoisotopic (exact) mass is 311 g/mol. The molecule has 2 aromatic rings. The van der Waals surface area contributed by atoms with Gasteiger partial charge in [0.2, 0.25) is 0 Å². The van der Waals surface area contributed by atoms with E-state index in [1.807, 2.05) is 30.3 Å². The molecule has 0 radical (unpaired) electrons. The summed E-state index contributed by atoms with van der Waals surface area (Å²) in [6.07, 6.45) is 0. The van der Waals surface area contributed by atoms with Crippen molar-refractivity contribution in [1.29, 1.82) is 0 Å². The third kappa shape index (κ3) is 5.89. The molecule has 1 saturated heterocycles. The molecule has 1 aliphatic rings. The van der Waals surface area contributed by atoms with Gasteiger partial charge in [-0.1, -0.05) is 0 Å². The van der Waals surface area contributed by atoms with Crippen molar-refractivity contribution < 1.29 is 21.8 Å². The molecule has 0 unspecified atom stereocenters. The van der Waals surface area contributed by atoms with E-state index in [1.165, 1.54) is 11.1 Å². The van der Waals surface area contributed by atoms with Crippen molar-refractivity contribution >= 4 is 5.57 Å². The van der Waals surface area contributed by atoms with Gasteiger partial charge in [-0.25, -0.2) is 0 Å². The van der Waals surface area contributed by atoms with Crippen LogP contribution in [0.15, 0.2) is 61.2 Å². The molecule has 0 spiro atoms. The van der Waals surface area contributed by atoms with Crippen molar-refractivity contribution in [3.8, 4) is 0 Å². The van der Waals surface area contributed by atoms with Gasteiger partial charge < -0.3 is 35.1 Å². The zero-order valence-electron chi connectivity index (χ0n) is 11.6. The SMILES string of the molecule is C=C(CN1CCOCC1)[c-]1cccc1.[Fe].[cH-]1[cH-][cH-][cH-][cH-]1. The van der Waals surface area contributed by atoms with E-state index in [4.69, 9.17) is 4.74 Å². The van der Waals surface area contributed by atoms with Crippen LogP contribution >= 0.6 is 0 Å². The van der Waals surface area contributed by atoms with Crippen molar-refractivity contribution in [3.05, 3.63) is 66.7 Å². The molecule has 0 N–H and O–H groups in total. The summed E-state index contributed by atoms with van der Waals surface area (Å²) in [5.41, 5.74) is 2.47. The average molecular weight is 311 g/mol. The van der Waals surface area contributed by atoms with Crippen molar-refractivity contribution in [3.63, 3.8) is 0 Å². The van der Waals surface area contributed by atoms with E-state index < -0.39 is 0 Å². The summed E-state index contributed by atoms with van der Waals surface area (Å²) in [6, 6.07) is 18.3. The Hall–Kier alpha value is -1.12. The quantitative estimate of drug-likeness (QED) is 0.638. The van der Waals surface area contributed by atoms with Crippen LogP contribution in [0.1, 0.15) is 5.56 Å². The van der Waals surface area contributed by atoms with Gasteiger partial charge in [-0.2, -0.15) is 18.7 Å². The van der Waals surface area contributed by atoms with Crippen LogP contribution in [0.3, 0.4) is 0 Å². The van der Waals surface area contributed by atoms with E-state index in [2.05, 4.69) is 35.7 Å². The fourth-order valence-corrected chi connectivity index (χ4v) is 2.05. The molecule has 0 aromatic heterocycles. The Morgan fingerprint density at radius 3 is 2.05 bits per heavy atom. The molecular formula is C17H21FeNO-6. The average Bonchev–Trinajstić information content (AvgIpc) is 3.16. The number of ether oxygens (including phenoxy) is 1. The van der Waals surface area contributed by atoms with Gasteiger partial charge in [-0.15, -0.1) is 23.3 Å². The van der Waals surface area contributed by atoms with Crippen LogP contribution in [-0.4, -0.2) is 37.7 Å². The van der Waals surface area contributed by atoms with Crippen molar-refractivity contribution in [2.75, 3.05) is 32.8 Å². The van der Waals surface area contributed by atoms with E-state index in [9.17, 15) is 0 Å². The summed E-state index contributed by atoms with van der Waals surface area (Å²) in [7, 11) is 0. The molecule has 3 rings (SSSR count). The van der Waals surface area contributed by atoms with E-state index in [0.717, 1.165) is 32.8 Å². The maximum absolute atomic E-state index is 5.30. The van der Waals surface area contributed by atoms with Gasteiger partial charge in [0.15, 0.2) is 0 Å². The third-order valence-corrected chi connectivity index (χ3v) is 3.14. The van der Waals surface area contributed by atoms with E-state index >= 15 is 0 Å². The smallest absolute Gasteiger partial charge is 0.0594 e. The molecule has 0 atom stereocenters. The molecule has 1 fully saturated rings. The zero-order valence-corrected chi connectivity index (χ0v) is 12.8. The van der Waals surface area contributed by atoms with Gasteiger partial charge in [-0.3, -0.25) is 4.90 Å². The van der Waals surface area contributed by atoms with Crippen LogP contribution < -0.4 is 0 Å².